The smallest absolute Gasteiger partial charge is 0.0490 e. The minimum Gasteiger partial charge on any atom is -0.378 e. The average Bonchev–Trinajstić information content (AvgIpc) is 2.39. The van der Waals surface area contributed by atoms with E-state index in [4.69, 9.17) is 0 Å². The zero-order valence-electron chi connectivity index (χ0n) is 13.5. The van der Waals surface area contributed by atoms with Gasteiger partial charge in [-0.25, -0.2) is 0 Å². The van der Waals surface area contributed by atoms with Crippen LogP contribution in [0.2, 0.25) is 0 Å². The second kappa shape index (κ2) is 6.65. The van der Waals surface area contributed by atoms with E-state index in [0.717, 1.165) is 10.9 Å². The topological polar surface area (TPSA) is 12.0 Å². The van der Waals surface area contributed by atoms with Gasteiger partial charge in [0, 0.05) is 16.2 Å². The van der Waals surface area contributed by atoms with E-state index in [1.807, 2.05) is 0 Å². The van der Waals surface area contributed by atoms with Crippen molar-refractivity contribution in [3.05, 3.63) is 62.6 Å². The van der Waals surface area contributed by atoms with Crippen molar-refractivity contribution >= 4 is 21.6 Å². The van der Waals surface area contributed by atoms with Crippen molar-refractivity contribution in [3.63, 3.8) is 0 Å². The quantitative estimate of drug-likeness (QED) is 0.704. The van der Waals surface area contributed by atoms with E-state index in [1.165, 1.54) is 33.5 Å². The molecule has 0 amide bonds. The third-order valence-corrected chi connectivity index (χ3v) is 4.48. The number of aryl methyl sites for hydroxylation is 4. The highest BCUT2D eigenvalue weighted by Crippen LogP contribution is 2.29. The fraction of sp³-hybridized carbons (Fsp3) is 0.368. The summed E-state index contributed by atoms with van der Waals surface area (Å²) < 4.78 is 1.14. The summed E-state index contributed by atoms with van der Waals surface area (Å²) >= 11 is 3.55. The van der Waals surface area contributed by atoms with Crippen molar-refractivity contribution in [3.8, 4) is 0 Å². The van der Waals surface area contributed by atoms with Crippen molar-refractivity contribution in [2.24, 2.45) is 0 Å². The zero-order valence-corrected chi connectivity index (χ0v) is 15.1. The van der Waals surface area contributed by atoms with Crippen LogP contribution in [0.15, 0.2) is 34.8 Å². The Labute approximate surface area is 136 Å². The van der Waals surface area contributed by atoms with Gasteiger partial charge in [0.2, 0.25) is 0 Å². The number of nitrogens with one attached hydrogen (secondary N) is 1. The summed E-state index contributed by atoms with van der Waals surface area (Å²) in [6.07, 6.45) is 1.03. The lowest BCUT2D eigenvalue weighted by Gasteiger charge is -2.22. The normalized spacial score (nSPS) is 12.3. The highest BCUT2D eigenvalue weighted by molar-refractivity contribution is 9.10. The first-order valence-corrected chi connectivity index (χ1v) is 8.34. The van der Waals surface area contributed by atoms with E-state index in [1.54, 1.807) is 0 Å². The first-order valence-electron chi connectivity index (χ1n) is 7.55. The van der Waals surface area contributed by atoms with Crippen molar-refractivity contribution in [1.82, 2.24) is 0 Å². The Hall–Kier alpha value is -1.28. The first-order chi connectivity index (χ1) is 9.92. The molecule has 0 spiro atoms. The summed E-state index contributed by atoms with van der Waals surface area (Å²) in [7, 11) is 0. The molecule has 2 aromatic rings. The van der Waals surface area contributed by atoms with Crippen LogP contribution < -0.4 is 5.32 Å². The Morgan fingerprint density at radius 3 is 2.24 bits per heavy atom. The second-order valence-electron chi connectivity index (χ2n) is 5.83. The second-order valence-corrected chi connectivity index (χ2v) is 6.75. The molecule has 2 aromatic carbocycles. The minimum absolute atomic E-state index is 0.303. The molecule has 1 nitrogen and oxygen atoms in total. The van der Waals surface area contributed by atoms with Crippen molar-refractivity contribution < 1.29 is 0 Å². The molecule has 0 aliphatic heterocycles. The fourth-order valence-corrected chi connectivity index (χ4v) is 3.58. The van der Waals surface area contributed by atoms with Crippen LogP contribution in [-0.4, -0.2) is 0 Å². The van der Waals surface area contributed by atoms with Crippen LogP contribution in [0, 0.1) is 20.8 Å². The molecule has 0 saturated carbocycles. The van der Waals surface area contributed by atoms with Gasteiger partial charge in [-0.05, 0) is 74.6 Å². The highest BCUT2D eigenvalue weighted by Gasteiger charge is 2.13. The fourth-order valence-electron chi connectivity index (χ4n) is 3.18. The van der Waals surface area contributed by atoms with Gasteiger partial charge in [0.05, 0.1) is 0 Å². The largest absolute Gasteiger partial charge is 0.378 e. The summed E-state index contributed by atoms with van der Waals surface area (Å²) in [4.78, 5) is 0. The number of hydrogen-bond acceptors (Lipinski definition) is 1. The van der Waals surface area contributed by atoms with E-state index >= 15 is 0 Å². The van der Waals surface area contributed by atoms with Crippen molar-refractivity contribution in [1.29, 1.82) is 0 Å². The molecule has 0 fully saturated rings. The lowest BCUT2D eigenvalue weighted by molar-refractivity contribution is 0.857. The molecule has 0 radical (unpaired) electrons. The van der Waals surface area contributed by atoms with Gasteiger partial charge in [-0.15, -0.1) is 0 Å². The molecule has 21 heavy (non-hydrogen) atoms. The van der Waals surface area contributed by atoms with Crippen molar-refractivity contribution in [2.75, 3.05) is 5.32 Å². The van der Waals surface area contributed by atoms with E-state index in [-0.39, 0.29) is 0 Å². The summed E-state index contributed by atoms with van der Waals surface area (Å²) in [5.41, 5.74) is 8.04. The van der Waals surface area contributed by atoms with Crippen LogP contribution >= 0.6 is 15.9 Å². The Morgan fingerprint density at radius 2 is 1.67 bits per heavy atom. The van der Waals surface area contributed by atoms with Gasteiger partial charge in [-0.3, -0.25) is 0 Å². The maximum atomic E-state index is 3.69. The number of hydrogen-bond donors (Lipinski definition) is 1. The standard InChI is InChI=1S/C19H24BrN/c1-6-16-11-17(20)7-8-18(16)21-15(5)19-13(3)9-12(2)10-14(19)4/h7-11,15,21H,6H2,1-5H3. The first kappa shape index (κ1) is 16.1. The Kier molecular flexibility index (Phi) is 5.10. The molecule has 1 atom stereocenters. The maximum absolute atomic E-state index is 3.69. The SMILES string of the molecule is CCc1cc(Br)ccc1NC(C)c1c(C)cc(C)cc1C. The van der Waals surface area contributed by atoms with Crippen LogP contribution in [0.25, 0.3) is 0 Å². The molecule has 1 unspecified atom stereocenters. The highest BCUT2D eigenvalue weighted by atomic mass is 79.9. The van der Waals surface area contributed by atoms with Gasteiger partial charge in [0.15, 0.2) is 0 Å². The summed E-state index contributed by atoms with van der Waals surface area (Å²) in [6.45, 7) is 11.0. The molecule has 112 valence electrons. The predicted molar refractivity (Wildman–Crippen MR) is 96.2 cm³/mol. The van der Waals surface area contributed by atoms with Crippen LogP contribution in [-0.2, 0) is 6.42 Å². The van der Waals surface area contributed by atoms with Gasteiger partial charge in [0.25, 0.3) is 0 Å². The van der Waals surface area contributed by atoms with Crippen molar-refractivity contribution in [2.45, 2.75) is 47.1 Å². The predicted octanol–water partition coefficient (Wildman–Crippen LogP) is 6.11. The number of halogens is 1. The molecule has 0 saturated heterocycles. The molecule has 0 heterocycles. The number of benzene rings is 2. The van der Waals surface area contributed by atoms with Crippen LogP contribution in [0.1, 0.15) is 47.7 Å². The molecule has 2 heteroatoms. The van der Waals surface area contributed by atoms with Gasteiger partial charge in [0.1, 0.15) is 0 Å². The summed E-state index contributed by atoms with van der Waals surface area (Å²) in [5, 5.41) is 3.69. The van der Waals surface area contributed by atoms with E-state index in [0.29, 0.717) is 6.04 Å². The lowest BCUT2D eigenvalue weighted by Crippen LogP contribution is -2.11. The number of rotatable bonds is 4. The van der Waals surface area contributed by atoms with Gasteiger partial charge in [-0.1, -0.05) is 40.5 Å². The van der Waals surface area contributed by atoms with Gasteiger partial charge < -0.3 is 5.32 Å². The molecule has 0 bridgehead atoms. The van der Waals surface area contributed by atoms with E-state index in [2.05, 4.69) is 86.2 Å². The third kappa shape index (κ3) is 3.68. The number of anilines is 1. The van der Waals surface area contributed by atoms with Gasteiger partial charge >= 0.3 is 0 Å². The maximum Gasteiger partial charge on any atom is 0.0490 e. The van der Waals surface area contributed by atoms with Crippen LogP contribution in [0.5, 0.6) is 0 Å². The summed E-state index contributed by atoms with van der Waals surface area (Å²) in [6, 6.07) is 11.3. The monoisotopic (exact) mass is 345 g/mol. The van der Waals surface area contributed by atoms with Crippen LogP contribution in [0.4, 0.5) is 5.69 Å². The molecule has 2 rings (SSSR count). The van der Waals surface area contributed by atoms with Crippen LogP contribution in [0.3, 0.4) is 0 Å². The molecule has 0 aliphatic rings. The third-order valence-electron chi connectivity index (χ3n) is 3.99. The van der Waals surface area contributed by atoms with E-state index in [9.17, 15) is 0 Å². The summed E-state index contributed by atoms with van der Waals surface area (Å²) in [5.74, 6) is 0. The van der Waals surface area contributed by atoms with Gasteiger partial charge in [-0.2, -0.15) is 0 Å². The zero-order chi connectivity index (χ0) is 15.6. The Morgan fingerprint density at radius 1 is 1.05 bits per heavy atom. The minimum atomic E-state index is 0.303. The Bertz CT molecular complexity index is 623. The molecule has 0 aromatic heterocycles. The average molecular weight is 346 g/mol. The lowest BCUT2D eigenvalue weighted by atomic mass is 9.94. The molecular formula is C19H24BrN. The molecule has 0 aliphatic carbocycles. The molecular weight excluding hydrogens is 322 g/mol. The Balaban J connectivity index is 2.32. The van der Waals surface area contributed by atoms with E-state index < -0.39 is 0 Å². The molecule has 1 N–H and O–H groups in total.